The van der Waals surface area contributed by atoms with Gasteiger partial charge in [0, 0.05) is 12.3 Å². The van der Waals surface area contributed by atoms with Crippen LogP contribution in [0.25, 0.3) is 0 Å². The molecule has 4 rings (SSSR count). The van der Waals surface area contributed by atoms with Crippen LogP contribution in [-0.2, 0) is 33.4 Å². The van der Waals surface area contributed by atoms with E-state index in [2.05, 4.69) is 10.2 Å². The van der Waals surface area contributed by atoms with Gasteiger partial charge in [0.2, 0.25) is 12.2 Å². The van der Waals surface area contributed by atoms with Crippen molar-refractivity contribution in [3.8, 4) is 0 Å². The molecular weight excluding hydrogens is 506 g/mol. The minimum Gasteiger partial charge on any atom is -0.456 e. The molecule has 3 aliphatic heterocycles. The second-order valence-corrected chi connectivity index (χ2v) is 8.25. The Morgan fingerprint density at radius 1 is 1.16 bits per heavy atom. The SMILES string of the molecule is NC(=O)C(OC1OC(C(=O)NC2CONC2=O)=CC(O)C1O)C1OC(n2ccc(=O)[nH]c2=O)C(O)C1O. The zero-order valence-corrected chi connectivity index (χ0v) is 18.6. The quantitative estimate of drug-likeness (QED) is 0.163. The molecule has 37 heavy (non-hydrogen) atoms. The summed E-state index contributed by atoms with van der Waals surface area (Å²) in [6, 6.07) is -0.122. The minimum atomic E-state index is -1.95. The number of aromatic amines is 1. The Labute approximate surface area is 205 Å². The first-order valence-corrected chi connectivity index (χ1v) is 10.7. The van der Waals surface area contributed by atoms with Gasteiger partial charge in [-0.25, -0.2) is 10.3 Å². The van der Waals surface area contributed by atoms with Crippen LogP contribution in [0.5, 0.6) is 0 Å². The Morgan fingerprint density at radius 3 is 2.51 bits per heavy atom. The van der Waals surface area contributed by atoms with Gasteiger partial charge in [0.25, 0.3) is 17.4 Å². The highest BCUT2D eigenvalue weighted by Gasteiger charge is 2.51. The largest absolute Gasteiger partial charge is 0.456 e. The summed E-state index contributed by atoms with van der Waals surface area (Å²) in [7, 11) is 0. The maximum Gasteiger partial charge on any atom is 0.330 e. The predicted molar refractivity (Wildman–Crippen MR) is 112 cm³/mol. The molecule has 9 N–H and O–H groups in total. The third-order valence-corrected chi connectivity index (χ3v) is 5.72. The Hall–Kier alpha value is -3.65. The maximum atomic E-state index is 12.5. The number of nitrogens with one attached hydrogen (secondary N) is 3. The second-order valence-electron chi connectivity index (χ2n) is 8.25. The number of aromatic nitrogens is 2. The fourth-order valence-corrected chi connectivity index (χ4v) is 3.81. The summed E-state index contributed by atoms with van der Waals surface area (Å²) in [6.07, 6.45) is -12.6. The van der Waals surface area contributed by atoms with E-state index >= 15 is 0 Å². The average molecular weight is 529 g/mol. The van der Waals surface area contributed by atoms with Gasteiger partial charge < -0.3 is 45.7 Å². The average Bonchev–Trinajstić information content (AvgIpc) is 3.37. The second kappa shape index (κ2) is 10.4. The summed E-state index contributed by atoms with van der Waals surface area (Å²) in [6.45, 7) is -0.189. The number of nitrogens with two attached hydrogens (primary N) is 1. The van der Waals surface area contributed by atoms with Crippen LogP contribution in [0.15, 0.2) is 33.7 Å². The van der Waals surface area contributed by atoms with Crippen molar-refractivity contribution in [3.05, 3.63) is 44.9 Å². The first-order valence-electron chi connectivity index (χ1n) is 10.7. The third kappa shape index (κ3) is 5.25. The number of hydrogen-bond acceptors (Lipinski definition) is 13. The van der Waals surface area contributed by atoms with Gasteiger partial charge >= 0.3 is 5.69 Å². The number of primary amides is 1. The zero-order valence-electron chi connectivity index (χ0n) is 18.6. The lowest BCUT2D eigenvalue weighted by Crippen LogP contribution is -2.54. The lowest BCUT2D eigenvalue weighted by molar-refractivity contribution is -0.240. The number of hydrogen-bond donors (Lipinski definition) is 8. The van der Waals surface area contributed by atoms with E-state index in [0.29, 0.717) is 0 Å². The van der Waals surface area contributed by atoms with Gasteiger partial charge in [0.05, 0.1) is 0 Å². The Morgan fingerprint density at radius 2 is 1.89 bits per heavy atom. The fourth-order valence-electron chi connectivity index (χ4n) is 3.81. The van der Waals surface area contributed by atoms with Crippen LogP contribution < -0.4 is 27.8 Å². The van der Waals surface area contributed by atoms with E-state index in [4.69, 9.17) is 19.9 Å². The molecule has 202 valence electrons. The van der Waals surface area contributed by atoms with Crippen molar-refractivity contribution in [3.63, 3.8) is 0 Å². The van der Waals surface area contributed by atoms with Crippen molar-refractivity contribution in [1.82, 2.24) is 20.3 Å². The number of rotatable bonds is 7. The van der Waals surface area contributed by atoms with E-state index in [1.54, 1.807) is 0 Å². The van der Waals surface area contributed by atoms with E-state index in [1.807, 2.05) is 10.5 Å². The molecule has 4 heterocycles. The Kier molecular flexibility index (Phi) is 7.41. The first kappa shape index (κ1) is 26.4. The molecule has 2 fully saturated rings. The normalized spacial score (nSPS) is 34.3. The number of nitrogens with zero attached hydrogens (tertiary/aromatic N) is 1. The van der Waals surface area contributed by atoms with Crippen LogP contribution >= 0.6 is 0 Å². The molecule has 3 aliphatic rings. The fraction of sp³-hybridized carbons (Fsp3) is 0.526. The third-order valence-electron chi connectivity index (χ3n) is 5.72. The number of aliphatic hydroxyl groups is 4. The predicted octanol–water partition coefficient (Wildman–Crippen LogP) is -6.47. The van der Waals surface area contributed by atoms with Crippen molar-refractivity contribution < 1.29 is 53.9 Å². The first-order chi connectivity index (χ1) is 17.5. The van der Waals surface area contributed by atoms with E-state index in [9.17, 15) is 44.4 Å². The van der Waals surface area contributed by atoms with Gasteiger partial charge in [0.15, 0.2) is 18.1 Å². The molecule has 0 aliphatic carbocycles. The molecule has 1 aromatic heterocycles. The molecule has 0 radical (unpaired) electrons. The lowest BCUT2D eigenvalue weighted by Gasteiger charge is -2.34. The Balaban J connectivity index is 1.51. The van der Waals surface area contributed by atoms with Crippen molar-refractivity contribution in [2.45, 2.75) is 55.2 Å². The van der Waals surface area contributed by atoms with Crippen LogP contribution in [0.2, 0.25) is 0 Å². The summed E-state index contributed by atoms with van der Waals surface area (Å²) in [5.74, 6) is -3.49. The molecule has 0 aromatic carbocycles. The zero-order chi connectivity index (χ0) is 27.0. The number of amides is 3. The summed E-state index contributed by atoms with van der Waals surface area (Å²) < 4.78 is 16.8. The molecule has 9 unspecified atom stereocenters. The molecule has 3 amide bonds. The number of aliphatic hydroxyl groups excluding tert-OH is 4. The topological polar surface area (TPSA) is 274 Å². The summed E-state index contributed by atoms with van der Waals surface area (Å²) in [5.41, 5.74) is 5.67. The van der Waals surface area contributed by atoms with Crippen molar-refractivity contribution in [2.24, 2.45) is 5.73 Å². The van der Waals surface area contributed by atoms with Gasteiger partial charge in [-0.2, -0.15) is 0 Å². The molecule has 2 saturated heterocycles. The summed E-state index contributed by atoms with van der Waals surface area (Å²) >= 11 is 0. The maximum absolute atomic E-state index is 12.5. The van der Waals surface area contributed by atoms with Crippen LogP contribution in [0.3, 0.4) is 0 Å². The summed E-state index contributed by atoms with van der Waals surface area (Å²) in [4.78, 5) is 66.3. The molecule has 0 saturated carbocycles. The molecule has 1 aromatic rings. The van der Waals surface area contributed by atoms with E-state index in [1.165, 1.54) is 0 Å². The highest BCUT2D eigenvalue weighted by atomic mass is 16.7. The molecule has 0 bridgehead atoms. The number of ether oxygens (including phenoxy) is 3. The van der Waals surface area contributed by atoms with Crippen LogP contribution in [-0.4, -0.2) is 103 Å². The lowest BCUT2D eigenvalue weighted by atomic mass is 10.0. The van der Waals surface area contributed by atoms with Crippen molar-refractivity contribution in [2.75, 3.05) is 6.61 Å². The highest BCUT2D eigenvalue weighted by Crippen LogP contribution is 2.32. The number of carbonyl (C=O) groups is 3. The van der Waals surface area contributed by atoms with E-state index < -0.39 is 89.9 Å². The highest BCUT2D eigenvalue weighted by molar-refractivity contribution is 5.96. The standard InChI is InChI=1S/C19H23N5O13/c20-14(30)13(12-10(28)11(29)17(36-12)24-2-1-8(26)22-19(24)33)37-18-9(27)6(25)3-7(35-18)16(32)21-5-4-34-23-15(5)31/h1-3,5-6,9-13,17-18,25,27-29H,4H2,(H2,20,30)(H,21,32)(H,23,31)(H,22,26,33). The smallest absolute Gasteiger partial charge is 0.330 e. The summed E-state index contributed by atoms with van der Waals surface area (Å²) in [5, 5.41) is 43.6. The number of H-pyrrole nitrogens is 1. The molecular formula is C19H23N5O13. The van der Waals surface area contributed by atoms with Gasteiger partial charge in [-0.1, -0.05) is 0 Å². The minimum absolute atomic E-state index is 0.189. The van der Waals surface area contributed by atoms with E-state index in [-0.39, 0.29) is 6.61 Å². The van der Waals surface area contributed by atoms with Crippen molar-refractivity contribution >= 4 is 17.7 Å². The van der Waals surface area contributed by atoms with Gasteiger partial charge in [0.1, 0.15) is 43.2 Å². The van der Waals surface area contributed by atoms with Gasteiger partial charge in [-0.05, 0) is 6.08 Å². The molecule has 0 spiro atoms. The number of hydroxylamine groups is 1. The van der Waals surface area contributed by atoms with Crippen LogP contribution in [0.4, 0.5) is 0 Å². The molecule has 18 nitrogen and oxygen atoms in total. The van der Waals surface area contributed by atoms with Crippen molar-refractivity contribution in [1.29, 1.82) is 0 Å². The van der Waals surface area contributed by atoms with Gasteiger partial charge in [-0.15, -0.1) is 0 Å². The molecule has 18 heteroatoms. The Bertz CT molecular complexity index is 1210. The van der Waals surface area contributed by atoms with Gasteiger partial charge in [-0.3, -0.25) is 33.6 Å². The van der Waals surface area contributed by atoms with Crippen LogP contribution in [0.1, 0.15) is 6.23 Å². The molecule has 9 atom stereocenters. The van der Waals surface area contributed by atoms with E-state index in [0.717, 1.165) is 22.9 Å². The monoisotopic (exact) mass is 529 g/mol. The van der Waals surface area contributed by atoms with Crippen LogP contribution in [0, 0.1) is 0 Å². The number of carbonyl (C=O) groups excluding carboxylic acids is 3.